The number of benzene rings is 4. The van der Waals surface area contributed by atoms with Crippen molar-refractivity contribution in [1.82, 2.24) is 37.4 Å². The number of aryl methyl sites for hydroxylation is 2. The molecule has 8 aromatic rings. The molecular weight excluding hydrogens is 1130 g/mol. The molecule has 0 atom stereocenters. The van der Waals surface area contributed by atoms with E-state index in [1.165, 1.54) is 56.6 Å². The number of ether oxygens (including phenoxy) is 6. The van der Waals surface area contributed by atoms with E-state index in [0.717, 1.165) is 44.5 Å². The lowest BCUT2D eigenvalue weighted by molar-refractivity contribution is -0.275. The van der Waals surface area contributed by atoms with E-state index < -0.39 is 46.7 Å². The van der Waals surface area contributed by atoms with Gasteiger partial charge in [-0.3, -0.25) is 37.0 Å². The maximum Gasteiger partial charge on any atom is 0.573 e. The predicted molar refractivity (Wildman–Crippen MR) is 270 cm³/mol. The summed E-state index contributed by atoms with van der Waals surface area (Å²) in [7, 11) is 2.91. The molecule has 0 aliphatic heterocycles. The van der Waals surface area contributed by atoms with Gasteiger partial charge in [-0.05, 0) is 59.7 Å². The van der Waals surface area contributed by atoms with Crippen LogP contribution in [-0.4, -0.2) is 88.4 Å². The maximum atomic E-state index is 13.5. The fraction of sp³-hybridized carbons (Fsp3) is 0.292. The van der Waals surface area contributed by atoms with Crippen LogP contribution in [0.2, 0.25) is 10.0 Å². The van der Waals surface area contributed by atoms with Gasteiger partial charge in [0.1, 0.15) is 23.0 Å². The SMILES string of the molecule is Cn1c(=O)n(CCOCCBr)c(=O)c2c1nc(Oc1cccc(OC(F)(F)F)c1)n2Cc1ccc(Cl)cc1.Cn1c(=O)n(CCOCCN)c(=O)c2c1nc(Oc1cccc(OC(F)(F)F)c1)n2Cc1ccc(Cl)cc1. The summed E-state index contributed by atoms with van der Waals surface area (Å²) in [6.45, 7) is 1.32. The van der Waals surface area contributed by atoms with E-state index in [4.69, 9.17) is 47.9 Å². The third-order valence-electron chi connectivity index (χ3n) is 10.8. The minimum atomic E-state index is -4.89. The number of nitrogens with two attached hydrogens (primary N) is 1. The van der Waals surface area contributed by atoms with Gasteiger partial charge in [0.05, 0.1) is 52.6 Å². The normalized spacial score (nSPS) is 11.7. The summed E-state index contributed by atoms with van der Waals surface area (Å²) < 4.78 is 114. The summed E-state index contributed by atoms with van der Waals surface area (Å²) in [6.07, 6.45) is -9.78. The van der Waals surface area contributed by atoms with Crippen molar-refractivity contribution in [2.45, 2.75) is 38.9 Å². The molecule has 4 aromatic carbocycles. The van der Waals surface area contributed by atoms with Crippen molar-refractivity contribution in [1.29, 1.82) is 0 Å². The number of hydrogen-bond donors (Lipinski definition) is 1. The average Bonchev–Trinajstić information content (AvgIpc) is 3.90. The van der Waals surface area contributed by atoms with Gasteiger partial charge in [0.25, 0.3) is 11.1 Å². The first-order valence-corrected chi connectivity index (χ1v) is 24.4. The van der Waals surface area contributed by atoms with Crippen LogP contribution in [0.1, 0.15) is 11.1 Å². The monoisotopic (exact) mass is 1170 g/mol. The van der Waals surface area contributed by atoms with Crippen molar-refractivity contribution >= 4 is 61.5 Å². The number of nitrogens with zero attached hydrogens (tertiary/aromatic N) is 8. The second-order valence-corrected chi connectivity index (χ2v) is 17.8. The zero-order chi connectivity index (χ0) is 54.9. The molecule has 0 radical (unpaired) electrons. The molecule has 0 unspecified atom stereocenters. The van der Waals surface area contributed by atoms with Gasteiger partial charge in [0.2, 0.25) is 0 Å². The highest BCUT2D eigenvalue weighted by atomic mass is 79.9. The first-order chi connectivity index (χ1) is 36.1. The second-order valence-electron chi connectivity index (χ2n) is 16.1. The molecule has 0 bridgehead atoms. The van der Waals surface area contributed by atoms with Crippen LogP contribution in [-0.2, 0) is 49.7 Å². The minimum absolute atomic E-state index is 0.00753. The average molecular weight is 1170 g/mol. The number of alkyl halides is 7. The molecule has 4 aromatic heterocycles. The van der Waals surface area contributed by atoms with E-state index in [1.807, 2.05) is 0 Å². The lowest BCUT2D eigenvalue weighted by Crippen LogP contribution is -2.40. The summed E-state index contributed by atoms with van der Waals surface area (Å²) in [5.74, 6) is -1.04. The van der Waals surface area contributed by atoms with E-state index in [1.54, 1.807) is 48.5 Å². The minimum Gasteiger partial charge on any atom is -0.425 e. The first-order valence-electron chi connectivity index (χ1n) is 22.5. The Morgan fingerprint density at radius 2 is 0.934 bits per heavy atom. The van der Waals surface area contributed by atoms with Crippen LogP contribution in [0.25, 0.3) is 22.3 Å². The fourth-order valence-electron chi connectivity index (χ4n) is 7.43. The molecule has 0 amide bonds. The summed E-state index contributed by atoms with van der Waals surface area (Å²) in [5, 5.41) is 1.61. The Hall–Kier alpha value is -7.10. The molecular formula is C48H44BrCl2F6N9O10. The highest BCUT2D eigenvalue weighted by Crippen LogP contribution is 2.32. The van der Waals surface area contributed by atoms with Crippen molar-refractivity contribution in [3.63, 3.8) is 0 Å². The van der Waals surface area contributed by atoms with Gasteiger partial charge in [0, 0.05) is 48.1 Å². The maximum absolute atomic E-state index is 13.5. The van der Waals surface area contributed by atoms with Crippen molar-refractivity contribution in [2.75, 3.05) is 38.3 Å². The molecule has 404 valence electrons. The van der Waals surface area contributed by atoms with Gasteiger partial charge < -0.3 is 34.2 Å². The van der Waals surface area contributed by atoms with Gasteiger partial charge in [-0.25, -0.2) is 9.59 Å². The zero-order valence-electron chi connectivity index (χ0n) is 39.9. The molecule has 0 saturated carbocycles. The zero-order valence-corrected chi connectivity index (χ0v) is 43.0. The molecule has 0 fully saturated rings. The van der Waals surface area contributed by atoms with E-state index in [9.17, 15) is 45.5 Å². The first kappa shape index (κ1) is 56.6. The van der Waals surface area contributed by atoms with Crippen molar-refractivity contribution in [2.24, 2.45) is 19.8 Å². The lowest BCUT2D eigenvalue weighted by Gasteiger charge is -2.13. The Bertz CT molecular complexity index is 3330. The number of fused-ring (bicyclic) bond motifs is 2. The molecule has 28 heteroatoms. The number of rotatable bonds is 20. The molecule has 0 aliphatic rings. The van der Waals surface area contributed by atoms with Gasteiger partial charge in [0.15, 0.2) is 22.3 Å². The van der Waals surface area contributed by atoms with E-state index in [2.05, 4.69) is 35.4 Å². The van der Waals surface area contributed by atoms with Crippen LogP contribution in [0.5, 0.6) is 35.0 Å². The van der Waals surface area contributed by atoms with Crippen molar-refractivity contribution < 1.29 is 54.8 Å². The highest BCUT2D eigenvalue weighted by Gasteiger charge is 2.32. The van der Waals surface area contributed by atoms with Crippen LogP contribution in [0.4, 0.5) is 26.3 Å². The number of halogens is 9. The standard InChI is InChI=1S/C24H21BrClF3N4O5.C24H23ClF3N5O5/c1-31-20-19(21(34)32(23(31)35)10-12-36-11-9-25)33(14-15-5-7-16(26)8-6-15)22(30-20)37-17-3-2-4-18(13-17)38-24(27,28)29;1-31-20-19(21(34)32(23(31)35)10-12-36-11-9-29)33(14-15-5-7-16(25)8-6-15)22(30-20)37-17-3-2-4-18(13-17)38-24(26,27)28/h2-8,13H,9-12,14H2,1H3;2-8,13H,9-12,14,29H2,1H3. The Labute approximate surface area is 443 Å². The Kier molecular flexibility index (Phi) is 18.4. The Morgan fingerprint density at radius 1 is 0.553 bits per heavy atom. The number of imidazole rings is 2. The Morgan fingerprint density at radius 3 is 1.30 bits per heavy atom. The van der Waals surface area contributed by atoms with E-state index in [0.29, 0.717) is 22.0 Å². The second kappa shape index (κ2) is 24.7. The van der Waals surface area contributed by atoms with Crippen molar-refractivity contribution in [3.8, 4) is 35.0 Å². The quantitative estimate of drug-likeness (QED) is 0.0438. The van der Waals surface area contributed by atoms with Crippen LogP contribution in [0.3, 0.4) is 0 Å². The summed E-state index contributed by atoms with van der Waals surface area (Å²) in [4.78, 5) is 61.6. The molecule has 2 N–H and O–H groups in total. The highest BCUT2D eigenvalue weighted by molar-refractivity contribution is 9.09. The Balaban J connectivity index is 0.000000221. The molecule has 0 saturated heterocycles. The number of aromatic nitrogens is 8. The summed E-state index contributed by atoms with van der Waals surface area (Å²) in [6, 6.07) is 23.1. The third kappa shape index (κ3) is 14.2. The van der Waals surface area contributed by atoms with Gasteiger partial charge >= 0.3 is 36.1 Å². The molecule has 0 aliphatic carbocycles. The molecule has 19 nitrogen and oxygen atoms in total. The third-order valence-corrected chi connectivity index (χ3v) is 11.6. The molecule has 8 rings (SSSR count). The lowest BCUT2D eigenvalue weighted by atomic mass is 10.2. The molecule has 76 heavy (non-hydrogen) atoms. The van der Waals surface area contributed by atoms with E-state index >= 15 is 0 Å². The summed E-state index contributed by atoms with van der Waals surface area (Å²) in [5.41, 5.74) is 4.60. The van der Waals surface area contributed by atoms with Crippen LogP contribution in [0, 0.1) is 0 Å². The smallest absolute Gasteiger partial charge is 0.425 e. The van der Waals surface area contributed by atoms with Gasteiger partial charge in [-0.1, -0.05) is 75.5 Å². The number of hydrogen-bond acceptors (Lipinski definition) is 13. The summed E-state index contributed by atoms with van der Waals surface area (Å²) >= 11 is 15.2. The van der Waals surface area contributed by atoms with Gasteiger partial charge in [-0.15, -0.1) is 26.3 Å². The van der Waals surface area contributed by atoms with Crippen LogP contribution >= 0.6 is 39.1 Å². The predicted octanol–water partition coefficient (Wildman–Crippen LogP) is 7.97. The van der Waals surface area contributed by atoms with E-state index in [-0.39, 0.29) is 98.4 Å². The van der Waals surface area contributed by atoms with Gasteiger partial charge in [-0.2, -0.15) is 9.97 Å². The topological polar surface area (TPSA) is 205 Å². The molecule has 4 heterocycles. The van der Waals surface area contributed by atoms with Crippen LogP contribution in [0.15, 0.2) is 116 Å². The molecule has 0 spiro atoms. The van der Waals surface area contributed by atoms with Crippen molar-refractivity contribution in [3.05, 3.63) is 160 Å². The largest absolute Gasteiger partial charge is 0.573 e. The van der Waals surface area contributed by atoms with Crippen LogP contribution < -0.4 is 47.2 Å². The fourth-order valence-corrected chi connectivity index (χ4v) is 7.91.